The van der Waals surface area contributed by atoms with Gasteiger partial charge in [-0.15, -0.1) is 0 Å². The van der Waals surface area contributed by atoms with Crippen molar-refractivity contribution < 1.29 is 0 Å². The van der Waals surface area contributed by atoms with Crippen LogP contribution in [0.4, 0.5) is 0 Å². The summed E-state index contributed by atoms with van der Waals surface area (Å²) >= 11 is 0. The van der Waals surface area contributed by atoms with E-state index in [1.54, 1.807) is 0 Å². The zero-order valence-corrected chi connectivity index (χ0v) is 14.0. The minimum Gasteiger partial charge on any atom is -0.333 e. The number of hydrogen-bond donors (Lipinski definition) is 3. The molecule has 0 saturated heterocycles. The molecule has 3 heteroatoms. The summed E-state index contributed by atoms with van der Waals surface area (Å²) in [6.07, 6.45) is 16.2. The minimum absolute atomic E-state index is 0.750. The van der Waals surface area contributed by atoms with E-state index in [0.717, 1.165) is 18.5 Å². The number of nitrogens with two attached hydrogens (primary N) is 2. The maximum atomic E-state index is 4.85. The normalized spacial score (nSPS) is 20.4. The van der Waals surface area contributed by atoms with Gasteiger partial charge in [-0.05, 0) is 45.3 Å². The van der Waals surface area contributed by atoms with Gasteiger partial charge in [-0.1, -0.05) is 58.3 Å². The van der Waals surface area contributed by atoms with Crippen LogP contribution in [-0.2, 0) is 0 Å². The summed E-state index contributed by atoms with van der Waals surface area (Å²) in [5.41, 5.74) is 9.35. The van der Waals surface area contributed by atoms with E-state index in [1.165, 1.54) is 84.2 Å². The standard InChI is InChI=1S/C14H27N.C2H7N.CH5N/c1-3-7-13(8-4-1)11-12-15-14-9-5-2-6-10-14;1-2-3;1-2/h13-15H,1-12H2;2-3H2,1H3;2H2,1H3. The van der Waals surface area contributed by atoms with Crippen molar-refractivity contribution in [3.8, 4) is 0 Å². The molecule has 2 fully saturated rings. The highest BCUT2D eigenvalue weighted by molar-refractivity contribution is 4.73. The molecule has 0 aliphatic heterocycles. The lowest BCUT2D eigenvalue weighted by atomic mass is 9.87. The summed E-state index contributed by atoms with van der Waals surface area (Å²) in [5, 5.41) is 3.77. The second-order valence-corrected chi connectivity index (χ2v) is 5.99. The van der Waals surface area contributed by atoms with Crippen LogP contribution in [0, 0.1) is 5.92 Å². The Morgan fingerprint density at radius 1 is 0.850 bits per heavy atom. The van der Waals surface area contributed by atoms with Crippen molar-refractivity contribution in [2.45, 2.75) is 83.6 Å². The van der Waals surface area contributed by atoms with Gasteiger partial charge in [0.25, 0.3) is 0 Å². The van der Waals surface area contributed by atoms with Crippen LogP contribution in [0.25, 0.3) is 0 Å². The van der Waals surface area contributed by atoms with Gasteiger partial charge in [0.05, 0.1) is 0 Å². The quantitative estimate of drug-likeness (QED) is 0.741. The molecule has 2 aliphatic carbocycles. The highest BCUT2D eigenvalue weighted by Crippen LogP contribution is 2.26. The van der Waals surface area contributed by atoms with Crippen LogP contribution >= 0.6 is 0 Å². The Morgan fingerprint density at radius 2 is 1.30 bits per heavy atom. The molecule has 0 heterocycles. The lowest BCUT2D eigenvalue weighted by Crippen LogP contribution is -2.32. The van der Waals surface area contributed by atoms with Gasteiger partial charge in [0.1, 0.15) is 0 Å². The summed E-state index contributed by atoms with van der Waals surface area (Å²) < 4.78 is 0. The van der Waals surface area contributed by atoms with Crippen LogP contribution in [0.3, 0.4) is 0 Å². The van der Waals surface area contributed by atoms with Crippen LogP contribution in [0.15, 0.2) is 0 Å². The molecule has 0 unspecified atom stereocenters. The molecule has 20 heavy (non-hydrogen) atoms. The van der Waals surface area contributed by atoms with Crippen molar-refractivity contribution in [3.63, 3.8) is 0 Å². The first-order valence-electron chi connectivity index (χ1n) is 8.88. The van der Waals surface area contributed by atoms with Crippen LogP contribution < -0.4 is 16.8 Å². The SMILES string of the molecule is C1CCC(CCNC2CCCCC2)CC1.CCN.CN. The Kier molecular flexibility index (Phi) is 15.2. The third kappa shape index (κ3) is 10.6. The first kappa shape index (κ1) is 19.9. The molecule has 2 rings (SSSR count). The average Bonchev–Trinajstić information content (AvgIpc) is 2.52. The largest absolute Gasteiger partial charge is 0.333 e. The van der Waals surface area contributed by atoms with Gasteiger partial charge in [0.15, 0.2) is 0 Å². The van der Waals surface area contributed by atoms with Gasteiger partial charge < -0.3 is 16.8 Å². The molecule has 0 atom stereocenters. The molecule has 0 aromatic carbocycles. The summed E-state index contributed by atoms with van der Waals surface area (Å²) in [6, 6.07) is 0.863. The van der Waals surface area contributed by atoms with E-state index in [1.807, 2.05) is 6.92 Å². The van der Waals surface area contributed by atoms with Crippen LogP contribution in [0.5, 0.6) is 0 Å². The molecule has 0 aromatic rings. The van der Waals surface area contributed by atoms with E-state index in [4.69, 9.17) is 5.73 Å². The molecule has 122 valence electrons. The van der Waals surface area contributed by atoms with Crippen molar-refractivity contribution >= 4 is 0 Å². The second-order valence-electron chi connectivity index (χ2n) is 5.99. The monoisotopic (exact) mass is 285 g/mol. The molecule has 0 bridgehead atoms. The minimum atomic E-state index is 0.750. The van der Waals surface area contributed by atoms with E-state index < -0.39 is 0 Å². The first-order chi connectivity index (χ1) is 9.86. The number of nitrogens with one attached hydrogen (secondary N) is 1. The fourth-order valence-corrected chi connectivity index (χ4v) is 3.27. The summed E-state index contributed by atoms with van der Waals surface area (Å²) in [4.78, 5) is 0. The number of hydrogen-bond acceptors (Lipinski definition) is 3. The highest BCUT2D eigenvalue weighted by Gasteiger charge is 2.15. The van der Waals surface area contributed by atoms with Gasteiger partial charge in [-0.25, -0.2) is 0 Å². The predicted molar refractivity (Wildman–Crippen MR) is 90.9 cm³/mol. The average molecular weight is 286 g/mol. The molecular weight excluding hydrogens is 246 g/mol. The van der Waals surface area contributed by atoms with Gasteiger partial charge in [0.2, 0.25) is 0 Å². The zero-order valence-electron chi connectivity index (χ0n) is 14.0. The van der Waals surface area contributed by atoms with Crippen molar-refractivity contribution in [2.24, 2.45) is 17.4 Å². The van der Waals surface area contributed by atoms with Crippen molar-refractivity contribution in [3.05, 3.63) is 0 Å². The van der Waals surface area contributed by atoms with Gasteiger partial charge >= 0.3 is 0 Å². The third-order valence-electron chi connectivity index (χ3n) is 4.32. The van der Waals surface area contributed by atoms with Crippen LogP contribution in [-0.4, -0.2) is 26.2 Å². The van der Waals surface area contributed by atoms with Gasteiger partial charge in [-0.2, -0.15) is 0 Å². The third-order valence-corrected chi connectivity index (χ3v) is 4.32. The molecule has 0 amide bonds. The molecule has 3 nitrogen and oxygen atoms in total. The summed E-state index contributed by atoms with van der Waals surface area (Å²) in [7, 11) is 1.50. The summed E-state index contributed by atoms with van der Waals surface area (Å²) in [6.45, 7) is 3.94. The van der Waals surface area contributed by atoms with E-state index in [2.05, 4.69) is 11.1 Å². The Bertz CT molecular complexity index is 155. The van der Waals surface area contributed by atoms with E-state index >= 15 is 0 Å². The molecule has 0 aromatic heterocycles. The second kappa shape index (κ2) is 15.3. The van der Waals surface area contributed by atoms with E-state index in [-0.39, 0.29) is 0 Å². The lowest BCUT2D eigenvalue weighted by Gasteiger charge is -2.25. The molecule has 0 spiro atoms. The predicted octanol–water partition coefficient (Wildman–Crippen LogP) is 3.42. The maximum Gasteiger partial charge on any atom is 0.00670 e. The molecule has 2 saturated carbocycles. The molecule has 2 aliphatic rings. The van der Waals surface area contributed by atoms with Gasteiger partial charge in [0, 0.05) is 6.04 Å². The molecule has 5 N–H and O–H groups in total. The molecule has 0 radical (unpaired) electrons. The fourth-order valence-electron chi connectivity index (χ4n) is 3.27. The highest BCUT2D eigenvalue weighted by atomic mass is 14.9. The van der Waals surface area contributed by atoms with Crippen LogP contribution in [0.2, 0.25) is 0 Å². The molecular formula is C17H39N3. The maximum absolute atomic E-state index is 4.85. The Hall–Kier alpha value is -0.120. The zero-order chi connectivity index (χ0) is 15.1. The first-order valence-corrected chi connectivity index (χ1v) is 8.88. The van der Waals surface area contributed by atoms with Crippen molar-refractivity contribution in [2.75, 3.05) is 20.1 Å². The number of rotatable bonds is 4. The topological polar surface area (TPSA) is 64.1 Å². The Morgan fingerprint density at radius 3 is 1.80 bits per heavy atom. The van der Waals surface area contributed by atoms with Crippen LogP contribution in [0.1, 0.15) is 77.6 Å². The lowest BCUT2D eigenvalue weighted by molar-refractivity contribution is 0.312. The van der Waals surface area contributed by atoms with Crippen molar-refractivity contribution in [1.29, 1.82) is 0 Å². The van der Waals surface area contributed by atoms with E-state index in [0.29, 0.717) is 0 Å². The fraction of sp³-hybridized carbons (Fsp3) is 1.00. The Labute approximate surface area is 127 Å². The summed E-state index contributed by atoms with van der Waals surface area (Å²) in [5.74, 6) is 1.05. The van der Waals surface area contributed by atoms with E-state index in [9.17, 15) is 0 Å². The van der Waals surface area contributed by atoms with Gasteiger partial charge in [-0.3, -0.25) is 0 Å². The Balaban J connectivity index is 0.000000641. The van der Waals surface area contributed by atoms with Crippen molar-refractivity contribution in [1.82, 2.24) is 5.32 Å². The smallest absolute Gasteiger partial charge is 0.00670 e.